The number of benzene rings is 1. The minimum atomic E-state index is -0.409. The summed E-state index contributed by atoms with van der Waals surface area (Å²) in [5, 5.41) is 0. The van der Waals surface area contributed by atoms with Crippen LogP contribution in [0.15, 0.2) is 41.0 Å². The molecule has 4 N–H and O–H groups in total. The number of carbonyl (C=O) groups excluding carboxylic acids is 2. The van der Waals surface area contributed by atoms with E-state index in [4.69, 9.17) is 0 Å². The number of nitrogens with one attached hydrogen (secondary N) is 4. The van der Waals surface area contributed by atoms with E-state index in [2.05, 4.69) is 41.7 Å². The molecule has 0 saturated carbocycles. The number of halogens is 1. The van der Waals surface area contributed by atoms with Crippen molar-refractivity contribution < 1.29 is 9.59 Å². The van der Waals surface area contributed by atoms with E-state index >= 15 is 0 Å². The molecule has 3 aromatic rings. The van der Waals surface area contributed by atoms with Crippen molar-refractivity contribution in [2.24, 2.45) is 0 Å². The summed E-state index contributed by atoms with van der Waals surface area (Å²) in [6.45, 7) is 0. The van der Waals surface area contributed by atoms with Crippen molar-refractivity contribution in [1.82, 2.24) is 25.8 Å². The first-order chi connectivity index (χ1) is 11.1. The lowest BCUT2D eigenvalue weighted by molar-refractivity contribution is -0.121. The number of amides is 2. The summed E-state index contributed by atoms with van der Waals surface area (Å²) in [4.78, 5) is 33.9. The Kier molecular flexibility index (Phi) is 4.42. The van der Waals surface area contributed by atoms with Crippen LogP contribution in [0.25, 0.3) is 11.0 Å². The lowest BCUT2D eigenvalue weighted by atomic mass is 10.3. The van der Waals surface area contributed by atoms with Gasteiger partial charge in [0.25, 0.3) is 5.91 Å². The Morgan fingerprint density at radius 3 is 2.78 bits per heavy atom. The number of carbonyl (C=O) groups is 2. The van der Waals surface area contributed by atoms with Crippen LogP contribution in [-0.2, 0) is 11.2 Å². The van der Waals surface area contributed by atoms with Gasteiger partial charge in [0.05, 0.1) is 11.0 Å². The number of hydrogen-bond acceptors (Lipinski definition) is 3. The Bertz CT molecular complexity index is 821. The molecule has 0 bridgehead atoms. The summed E-state index contributed by atoms with van der Waals surface area (Å²) in [6.07, 6.45) is 2.32. The lowest BCUT2D eigenvalue weighted by Crippen LogP contribution is -2.41. The molecular weight excluding hydrogens is 362 g/mol. The zero-order valence-electron chi connectivity index (χ0n) is 12.0. The van der Waals surface area contributed by atoms with Gasteiger partial charge in [0, 0.05) is 23.5 Å². The van der Waals surface area contributed by atoms with Crippen LogP contribution in [-0.4, -0.2) is 26.8 Å². The summed E-state index contributed by atoms with van der Waals surface area (Å²) < 4.78 is 0.763. The highest BCUT2D eigenvalue weighted by Gasteiger charge is 2.10. The Morgan fingerprint density at radius 2 is 2.04 bits per heavy atom. The first-order valence-corrected chi connectivity index (χ1v) is 7.78. The van der Waals surface area contributed by atoms with E-state index in [1.165, 1.54) is 0 Å². The summed E-state index contributed by atoms with van der Waals surface area (Å²) in [5.41, 5.74) is 6.90. The van der Waals surface area contributed by atoms with E-state index in [0.29, 0.717) is 12.1 Å². The number of fused-ring (bicyclic) bond motifs is 1. The maximum Gasteiger partial charge on any atom is 0.286 e. The molecule has 3 rings (SSSR count). The molecule has 2 amide bonds. The predicted octanol–water partition coefficient (Wildman–Crippen LogP) is 2.05. The van der Waals surface area contributed by atoms with E-state index in [-0.39, 0.29) is 12.3 Å². The van der Waals surface area contributed by atoms with Crippen LogP contribution in [0.4, 0.5) is 0 Å². The molecule has 0 aliphatic heterocycles. The number of imidazole rings is 1. The second kappa shape index (κ2) is 6.66. The standard InChI is InChI=1S/C15H14BrN5O2/c16-9-7-12(17-8-9)15(23)21-20-14(22)6-5-13-18-10-3-1-2-4-11(10)19-13/h1-4,7-8,17H,5-6H2,(H,18,19)(H,20,22)(H,21,23). The number of hydrogen-bond donors (Lipinski definition) is 4. The van der Waals surface area contributed by atoms with Crippen LogP contribution < -0.4 is 10.9 Å². The third-order valence-corrected chi connectivity index (χ3v) is 3.69. The SMILES string of the molecule is O=C(CCc1nc2ccccc2[nH]1)NNC(=O)c1cc(Br)c[nH]1. The third-order valence-electron chi connectivity index (χ3n) is 3.24. The average molecular weight is 376 g/mol. The van der Waals surface area contributed by atoms with Crippen LogP contribution in [0.2, 0.25) is 0 Å². The molecule has 8 heteroatoms. The molecule has 0 fully saturated rings. The van der Waals surface area contributed by atoms with Crippen LogP contribution >= 0.6 is 15.9 Å². The minimum Gasteiger partial charge on any atom is -0.356 e. The Hall–Kier alpha value is -2.61. The molecule has 0 unspecified atom stereocenters. The van der Waals surface area contributed by atoms with E-state index in [1.807, 2.05) is 24.3 Å². The van der Waals surface area contributed by atoms with Crippen molar-refractivity contribution in [3.63, 3.8) is 0 Å². The van der Waals surface area contributed by atoms with Crippen molar-refractivity contribution >= 4 is 38.8 Å². The Morgan fingerprint density at radius 1 is 1.22 bits per heavy atom. The van der Waals surface area contributed by atoms with Gasteiger partial charge in [0.2, 0.25) is 5.91 Å². The Labute approximate surface area is 140 Å². The van der Waals surface area contributed by atoms with E-state index in [0.717, 1.165) is 21.3 Å². The molecule has 2 heterocycles. The zero-order chi connectivity index (χ0) is 16.2. The first-order valence-electron chi connectivity index (χ1n) is 6.98. The second-order valence-electron chi connectivity index (χ2n) is 4.93. The maximum atomic E-state index is 11.8. The first kappa shape index (κ1) is 15.3. The van der Waals surface area contributed by atoms with Crippen LogP contribution in [0.3, 0.4) is 0 Å². The van der Waals surface area contributed by atoms with Crippen LogP contribution in [0.1, 0.15) is 22.7 Å². The molecule has 0 radical (unpaired) electrons. The summed E-state index contributed by atoms with van der Waals surface area (Å²) in [7, 11) is 0. The quantitative estimate of drug-likeness (QED) is 0.524. The number of aromatic amines is 2. The zero-order valence-corrected chi connectivity index (χ0v) is 13.6. The fourth-order valence-corrected chi connectivity index (χ4v) is 2.45. The fourth-order valence-electron chi connectivity index (χ4n) is 2.11. The van der Waals surface area contributed by atoms with Gasteiger partial charge in [-0.15, -0.1) is 0 Å². The molecule has 0 aliphatic rings. The lowest BCUT2D eigenvalue weighted by Gasteiger charge is -2.05. The number of para-hydroxylation sites is 2. The monoisotopic (exact) mass is 375 g/mol. The van der Waals surface area contributed by atoms with E-state index < -0.39 is 5.91 Å². The van der Waals surface area contributed by atoms with E-state index in [9.17, 15) is 9.59 Å². The van der Waals surface area contributed by atoms with Gasteiger partial charge >= 0.3 is 0 Å². The van der Waals surface area contributed by atoms with Gasteiger partial charge in [-0.25, -0.2) is 4.98 Å². The largest absolute Gasteiger partial charge is 0.356 e. The average Bonchev–Trinajstić information content (AvgIpc) is 3.16. The van der Waals surface area contributed by atoms with Crippen molar-refractivity contribution in [2.45, 2.75) is 12.8 Å². The highest BCUT2D eigenvalue weighted by Crippen LogP contribution is 2.11. The third kappa shape index (κ3) is 3.78. The van der Waals surface area contributed by atoms with Gasteiger partial charge < -0.3 is 9.97 Å². The molecular formula is C15H14BrN5O2. The van der Waals surface area contributed by atoms with Crippen molar-refractivity contribution in [3.8, 4) is 0 Å². The second-order valence-corrected chi connectivity index (χ2v) is 5.85. The normalized spacial score (nSPS) is 10.7. The highest BCUT2D eigenvalue weighted by molar-refractivity contribution is 9.10. The Balaban J connectivity index is 1.48. The summed E-state index contributed by atoms with van der Waals surface area (Å²) >= 11 is 3.24. The topological polar surface area (TPSA) is 103 Å². The number of H-pyrrole nitrogens is 2. The molecule has 1 aromatic carbocycles. The molecule has 0 spiro atoms. The van der Waals surface area contributed by atoms with Gasteiger partial charge in [-0.2, -0.15) is 0 Å². The molecule has 7 nitrogen and oxygen atoms in total. The number of aryl methyl sites for hydroxylation is 1. The molecule has 0 aliphatic carbocycles. The van der Waals surface area contributed by atoms with Crippen LogP contribution in [0, 0.1) is 0 Å². The predicted molar refractivity (Wildman–Crippen MR) is 88.5 cm³/mol. The van der Waals surface area contributed by atoms with Crippen molar-refractivity contribution in [1.29, 1.82) is 0 Å². The van der Waals surface area contributed by atoms with Gasteiger partial charge in [-0.05, 0) is 34.1 Å². The number of nitrogens with zero attached hydrogens (tertiary/aromatic N) is 1. The van der Waals surface area contributed by atoms with Crippen molar-refractivity contribution in [3.05, 3.63) is 52.5 Å². The molecule has 2 aromatic heterocycles. The number of hydrazine groups is 1. The number of rotatable bonds is 4. The van der Waals surface area contributed by atoms with E-state index in [1.54, 1.807) is 12.3 Å². The van der Waals surface area contributed by atoms with Gasteiger partial charge in [0.1, 0.15) is 11.5 Å². The molecule has 23 heavy (non-hydrogen) atoms. The smallest absolute Gasteiger partial charge is 0.286 e. The highest BCUT2D eigenvalue weighted by atomic mass is 79.9. The fraction of sp³-hybridized carbons (Fsp3) is 0.133. The van der Waals surface area contributed by atoms with Gasteiger partial charge in [-0.3, -0.25) is 20.4 Å². The molecule has 118 valence electrons. The minimum absolute atomic E-state index is 0.217. The van der Waals surface area contributed by atoms with Gasteiger partial charge in [-0.1, -0.05) is 12.1 Å². The van der Waals surface area contributed by atoms with Gasteiger partial charge in [0.15, 0.2) is 0 Å². The van der Waals surface area contributed by atoms with Crippen LogP contribution in [0.5, 0.6) is 0 Å². The maximum absolute atomic E-state index is 11.8. The summed E-state index contributed by atoms with van der Waals surface area (Å²) in [6, 6.07) is 9.29. The molecule has 0 atom stereocenters. The van der Waals surface area contributed by atoms with Crippen molar-refractivity contribution in [2.75, 3.05) is 0 Å². The summed E-state index contributed by atoms with van der Waals surface area (Å²) in [5.74, 6) is 0.0400. The molecule has 0 saturated heterocycles. The number of aromatic nitrogens is 3.